The molecule has 2 amide bonds. The van der Waals surface area contributed by atoms with E-state index in [-0.39, 0.29) is 23.3 Å². The molecule has 1 saturated heterocycles. The summed E-state index contributed by atoms with van der Waals surface area (Å²) in [5.41, 5.74) is 1.96. The SMILES string of the molecule is Cc1ccc(N2CCCC(NC(=O)CSCC(=O)O)C2=O)cc1. The van der Waals surface area contributed by atoms with Crippen molar-refractivity contribution >= 4 is 35.2 Å². The van der Waals surface area contributed by atoms with Crippen LogP contribution in [0.3, 0.4) is 0 Å². The minimum Gasteiger partial charge on any atom is -0.481 e. The number of piperidine rings is 1. The molecule has 1 heterocycles. The molecule has 124 valence electrons. The summed E-state index contributed by atoms with van der Waals surface area (Å²) in [6.45, 7) is 2.63. The minimum atomic E-state index is -0.956. The first-order chi connectivity index (χ1) is 11.0. The van der Waals surface area contributed by atoms with Gasteiger partial charge in [0.2, 0.25) is 11.8 Å². The number of benzene rings is 1. The summed E-state index contributed by atoms with van der Waals surface area (Å²) in [6.07, 6.45) is 1.42. The van der Waals surface area contributed by atoms with Gasteiger partial charge in [-0.25, -0.2) is 0 Å². The van der Waals surface area contributed by atoms with Crippen molar-refractivity contribution in [2.45, 2.75) is 25.8 Å². The predicted molar refractivity (Wildman–Crippen MR) is 89.7 cm³/mol. The maximum Gasteiger partial charge on any atom is 0.313 e. The van der Waals surface area contributed by atoms with E-state index in [0.717, 1.165) is 29.4 Å². The quantitative estimate of drug-likeness (QED) is 0.820. The molecule has 1 unspecified atom stereocenters. The Labute approximate surface area is 139 Å². The fourth-order valence-corrected chi connectivity index (χ4v) is 3.00. The molecular weight excluding hydrogens is 316 g/mol. The molecule has 0 bridgehead atoms. The van der Waals surface area contributed by atoms with Crippen LogP contribution in [-0.4, -0.2) is 47.0 Å². The summed E-state index contributed by atoms with van der Waals surface area (Å²) in [6, 6.07) is 7.17. The number of nitrogens with one attached hydrogen (secondary N) is 1. The molecule has 1 aromatic rings. The van der Waals surface area contributed by atoms with E-state index in [0.29, 0.717) is 13.0 Å². The fourth-order valence-electron chi connectivity index (χ4n) is 2.46. The lowest BCUT2D eigenvalue weighted by molar-refractivity contribution is -0.133. The first-order valence-corrected chi connectivity index (χ1v) is 8.60. The summed E-state index contributed by atoms with van der Waals surface area (Å²) >= 11 is 1.02. The fraction of sp³-hybridized carbons (Fsp3) is 0.438. The molecule has 0 radical (unpaired) electrons. The number of aryl methyl sites for hydroxylation is 1. The van der Waals surface area contributed by atoms with Gasteiger partial charge in [-0.1, -0.05) is 17.7 Å². The van der Waals surface area contributed by atoms with Crippen molar-refractivity contribution in [2.24, 2.45) is 0 Å². The topological polar surface area (TPSA) is 86.7 Å². The number of nitrogens with zero attached hydrogens (tertiary/aromatic N) is 1. The van der Waals surface area contributed by atoms with E-state index in [2.05, 4.69) is 5.32 Å². The van der Waals surface area contributed by atoms with Crippen LogP contribution in [0.25, 0.3) is 0 Å². The largest absolute Gasteiger partial charge is 0.481 e. The number of carboxylic acid groups (broad SMARTS) is 1. The van der Waals surface area contributed by atoms with Gasteiger partial charge in [-0.3, -0.25) is 14.4 Å². The Bertz CT molecular complexity index is 588. The lowest BCUT2D eigenvalue weighted by atomic mass is 10.0. The van der Waals surface area contributed by atoms with E-state index >= 15 is 0 Å². The Kier molecular flexibility index (Phi) is 6.04. The summed E-state index contributed by atoms with van der Waals surface area (Å²) in [5, 5.41) is 11.3. The maximum absolute atomic E-state index is 12.5. The molecule has 2 N–H and O–H groups in total. The van der Waals surface area contributed by atoms with Crippen molar-refractivity contribution < 1.29 is 19.5 Å². The van der Waals surface area contributed by atoms with Crippen molar-refractivity contribution in [1.29, 1.82) is 0 Å². The second-order valence-corrected chi connectivity index (χ2v) is 6.46. The smallest absolute Gasteiger partial charge is 0.313 e. The highest BCUT2D eigenvalue weighted by Gasteiger charge is 2.30. The molecule has 0 aliphatic carbocycles. The van der Waals surface area contributed by atoms with Gasteiger partial charge in [0.05, 0.1) is 11.5 Å². The number of carbonyl (C=O) groups excluding carboxylic acids is 2. The molecular formula is C16H20N2O4S. The number of carboxylic acids is 1. The summed E-state index contributed by atoms with van der Waals surface area (Å²) in [7, 11) is 0. The molecule has 0 spiro atoms. The summed E-state index contributed by atoms with van der Waals surface area (Å²) in [5.74, 6) is -1.46. The van der Waals surface area contributed by atoms with Crippen LogP contribution >= 0.6 is 11.8 Å². The number of rotatable bonds is 6. The molecule has 23 heavy (non-hydrogen) atoms. The number of hydrogen-bond donors (Lipinski definition) is 2. The molecule has 1 aromatic carbocycles. The molecule has 1 aliphatic heterocycles. The van der Waals surface area contributed by atoms with Crippen molar-refractivity contribution in [3.05, 3.63) is 29.8 Å². The summed E-state index contributed by atoms with van der Waals surface area (Å²) < 4.78 is 0. The molecule has 1 aliphatic rings. The third-order valence-electron chi connectivity index (χ3n) is 3.58. The van der Waals surface area contributed by atoms with Gasteiger partial charge < -0.3 is 15.3 Å². The predicted octanol–water partition coefficient (Wildman–Crippen LogP) is 1.42. The minimum absolute atomic E-state index is 0.0423. The Morgan fingerprint density at radius 2 is 2.00 bits per heavy atom. The van der Waals surface area contributed by atoms with E-state index in [1.807, 2.05) is 31.2 Å². The second kappa shape index (κ2) is 8.01. The standard InChI is InChI=1S/C16H20N2O4S/c1-11-4-6-12(7-5-11)18-8-2-3-13(16(18)22)17-14(19)9-23-10-15(20)21/h4-7,13H,2-3,8-10H2,1H3,(H,17,19)(H,20,21). The second-order valence-electron chi connectivity index (χ2n) is 5.47. The summed E-state index contributed by atoms with van der Waals surface area (Å²) in [4.78, 5) is 36.5. The zero-order chi connectivity index (χ0) is 16.8. The molecule has 1 atom stereocenters. The van der Waals surface area contributed by atoms with Crippen LogP contribution in [0.4, 0.5) is 5.69 Å². The number of thioether (sulfide) groups is 1. The number of carbonyl (C=O) groups is 3. The highest BCUT2D eigenvalue weighted by molar-refractivity contribution is 8.00. The molecule has 1 fully saturated rings. The van der Waals surface area contributed by atoms with E-state index in [4.69, 9.17) is 5.11 Å². The van der Waals surface area contributed by atoms with Crippen LogP contribution in [0, 0.1) is 6.92 Å². The third-order valence-corrected chi connectivity index (χ3v) is 4.50. The van der Waals surface area contributed by atoms with Gasteiger partial charge in [0.1, 0.15) is 6.04 Å². The normalized spacial score (nSPS) is 17.9. The van der Waals surface area contributed by atoms with Gasteiger partial charge in [-0.15, -0.1) is 11.8 Å². The zero-order valence-corrected chi connectivity index (χ0v) is 13.8. The van der Waals surface area contributed by atoms with Crippen LogP contribution in [-0.2, 0) is 14.4 Å². The van der Waals surface area contributed by atoms with Crippen LogP contribution in [0.15, 0.2) is 24.3 Å². The molecule has 6 nitrogen and oxygen atoms in total. The maximum atomic E-state index is 12.5. The van der Waals surface area contributed by atoms with Gasteiger partial charge in [-0.05, 0) is 31.9 Å². The lowest BCUT2D eigenvalue weighted by Crippen LogP contribution is -2.52. The average Bonchev–Trinajstić information content (AvgIpc) is 2.50. The van der Waals surface area contributed by atoms with E-state index in [1.54, 1.807) is 4.90 Å². The first-order valence-electron chi connectivity index (χ1n) is 7.44. The number of hydrogen-bond acceptors (Lipinski definition) is 4. The molecule has 0 aromatic heterocycles. The van der Waals surface area contributed by atoms with Gasteiger partial charge in [0, 0.05) is 12.2 Å². The van der Waals surface area contributed by atoms with Crippen LogP contribution < -0.4 is 10.2 Å². The van der Waals surface area contributed by atoms with Crippen LogP contribution in [0.2, 0.25) is 0 Å². The highest BCUT2D eigenvalue weighted by Crippen LogP contribution is 2.21. The van der Waals surface area contributed by atoms with Gasteiger partial charge in [0.15, 0.2) is 0 Å². The van der Waals surface area contributed by atoms with E-state index in [9.17, 15) is 14.4 Å². The van der Waals surface area contributed by atoms with Crippen LogP contribution in [0.1, 0.15) is 18.4 Å². The van der Waals surface area contributed by atoms with Crippen molar-refractivity contribution in [3.8, 4) is 0 Å². The van der Waals surface area contributed by atoms with Crippen molar-refractivity contribution in [3.63, 3.8) is 0 Å². The van der Waals surface area contributed by atoms with E-state index < -0.39 is 12.0 Å². The van der Waals surface area contributed by atoms with Gasteiger partial charge in [-0.2, -0.15) is 0 Å². The zero-order valence-electron chi connectivity index (χ0n) is 12.9. The highest BCUT2D eigenvalue weighted by atomic mass is 32.2. The van der Waals surface area contributed by atoms with Gasteiger partial charge >= 0.3 is 5.97 Å². The Morgan fingerprint density at radius 3 is 2.65 bits per heavy atom. The average molecular weight is 336 g/mol. The monoisotopic (exact) mass is 336 g/mol. The molecule has 0 saturated carbocycles. The van der Waals surface area contributed by atoms with Crippen molar-refractivity contribution in [2.75, 3.05) is 23.0 Å². The van der Waals surface area contributed by atoms with E-state index in [1.165, 1.54) is 0 Å². The number of amides is 2. The number of anilines is 1. The lowest BCUT2D eigenvalue weighted by Gasteiger charge is -2.32. The molecule has 7 heteroatoms. The van der Waals surface area contributed by atoms with Gasteiger partial charge in [0.25, 0.3) is 0 Å². The third kappa shape index (κ3) is 4.99. The van der Waals surface area contributed by atoms with Crippen LogP contribution in [0.5, 0.6) is 0 Å². The number of aliphatic carboxylic acids is 1. The first kappa shape index (κ1) is 17.3. The Morgan fingerprint density at radius 1 is 1.30 bits per heavy atom. The Hall–Kier alpha value is -2.02. The molecule has 2 rings (SSSR count). The van der Waals surface area contributed by atoms with Crippen molar-refractivity contribution in [1.82, 2.24) is 5.32 Å². The Balaban J connectivity index is 1.92.